The topological polar surface area (TPSA) is 65.2 Å². The van der Waals surface area contributed by atoms with Crippen LogP contribution in [0.1, 0.15) is 11.3 Å². The average molecular weight is 368 g/mol. The summed E-state index contributed by atoms with van der Waals surface area (Å²) in [4.78, 5) is 14.2. The van der Waals surface area contributed by atoms with Crippen molar-refractivity contribution in [3.05, 3.63) is 59.3 Å². The summed E-state index contributed by atoms with van der Waals surface area (Å²) < 4.78 is 70.7. The van der Waals surface area contributed by atoms with E-state index in [1.54, 1.807) is 0 Å². The molecule has 134 valence electrons. The zero-order valence-corrected chi connectivity index (χ0v) is 12.8. The number of ether oxygens (including phenoxy) is 1. The van der Waals surface area contributed by atoms with Gasteiger partial charge in [0, 0.05) is 11.6 Å². The molecule has 0 radical (unpaired) electrons. The van der Waals surface area contributed by atoms with Crippen molar-refractivity contribution in [2.24, 2.45) is 5.73 Å². The molecule has 0 atom stereocenters. The number of carbonyl (C=O) groups excluding carboxylic acids is 1. The Morgan fingerprint density at radius 1 is 1.23 bits per heavy atom. The Morgan fingerprint density at radius 3 is 2.35 bits per heavy atom. The zero-order valence-electron chi connectivity index (χ0n) is 12.8. The van der Waals surface area contributed by atoms with Crippen LogP contribution in [0.4, 0.5) is 22.0 Å². The van der Waals surface area contributed by atoms with Crippen LogP contribution in [-0.2, 0) is 11.0 Å². The first-order valence-corrected chi connectivity index (χ1v) is 6.81. The van der Waals surface area contributed by atoms with Gasteiger partial charge >= 0.3 is 6.18 Å². The first-order chi connectivity index (χ1) is 12.1. The monoisotopic (exact) mass is 368 g/mol. The van der Waals surface area contributed by atoms with E-state index in [0.29, 0.717) is 12.1 Å². The predicted octanol–water partition coefficient (Wildman–Crippen LogP) is 3.67. The first kappa shape index (κ1) is 18.9. The molecule has 2 N–H and O–H groups in total. The summed E-state index contributed by atoms with van der Waals surface area (Å²) in [5.41, 5.74) is 2.40. The van der Waals surface area contributed by atoms with Crippen LogP contribution in [0.2, 0.25) is 0 Å². The molecule has 4 nitrogen and oxygen atoms in total. The van der Waals surface area contributed by atoms with Gasteiger partial charge in [-0.15, -0.1) is 6.42 Å². The van der Waals surface area contributed by atoms with E-state index in [-0.39, 0.29) is 11.3 Å². The fourth-order valence-corrected chi connectivity index (χ4v) is 1.90. The van der Waals surface area contributed by atoms with Crippen LogP contribution in [0.25, 0.3) is 5.57 Å². The molecule has 0 aliphatic heterocycles. The van der Waals surface area contributed by atoms with E-state index in [9.17, 15) is 26.7 Å². The van der Waals surface area contributed by atoms with Gasteiger partial charge in [0.1, 0.15) is 11.6 Å². The van der Waals surface area contributed by atoms with Crippen molar-refractivity contribution in [3.8, 4) is 24.0 Å². The number of alkyl halides is 3. The van der Waals surface area contributed by atoms with Gasteiger partial charge in [0.05, 0.1) is 5.56 Å². The van der Waals surface area contributed by atoms with E-state index in [2.05, 4.69) is 4.98 Å². The number of hydrogen-bond acceptors (Lipinski definition) is 3. The molecule has 0 aliphatic carbocycles. The summed E-state index contributed by atoms with van der Waals surface area (Å²) in [5.74, 6) is -2.15. The number of amides is 1. The fourth-order valence-electron chi connectivity index (χ4n) is 1.90. The molecule has 1 aromatic heterocycles. The van der Waals surface area contributed by atoms with Crippen LogP contribution in [0.3, 0.4) is 0 Å². The van der Waals surface area contributed by atoms with Crippen LogP contribution in [0.5, 0.6) is 11.6 Å². The van der Waals surface area contributed by atoms with Crippen molar-refractivity contribution in [3.63, 3.8) is 0 Å². The number of benzene rings is 1. The van der Waals surface area contributed by atoms with E-state index < -0.39 is 40.9 Å². The molecule has 0 saturated heterocycles. The normalized spacial score (nSPS) is 11.8. The van der Waals surface area contributed by atoms with Gasteiger partial charge in [0.25, 0.3) is 0 Å². The highest BCUT2D eigenvalue weighted by Crippen LogP contribution is 2.36. The number of aromatic nitrogens is 1. The molecule has 0 bridgehead atoms. The van der Waals surface area contributed by atoms with Crippen molar-refractivity contribution in [2.45, 2.75) is 6.18 Å². The summed E-state index contributed by atoms with van der Waals surface area (Å²) in [6, 6.07) is 4.65. The lowest BCUT2D eigenvalue weighted by Gasteiger charge is -2.14. The Morgan fingerprint density at radius 2 is 1.85 bits per heavy atom. The van der Waals surface area contributed by atoms with Crippen molar-refractivity contribution >= 4 is 11.5 Å². The first-order valence-electron chi connectivity index (χ1n) is 6.81. The third-order valence-electron chi connectivity index (χ3n) is 2.97. The second-order valence-corrected chi connectivity index (χ2v) is 4.83. The number of allylic oxidation sites excluding steroid dienone is 1. The Bertz CT molecular complexity index is 912. The molecule has 2 aromatic rings. The van der Waals surface area contributed by atoms with E-state index >= 15 is 0 Å². The van der Waals surface area contributed by atoms with Crippen molar-refractivity contribution in [2.75, 3.05) is 0 Å². The fraction of sp³-hybridized carbons (Fsp3) is 0.0588. The van der Waals surface area contributed by atoms with Gasteiger partial charge in [-0.3, -0.25) is 4.79 Å². The molecule has 1 heterocycles. The largest absolute Gasteiger partial charge is 0.438 e. The van der Waals surface area contributed by atoms with Gasteiger partial charge in [-0.2, -0.15) is 13.2 Å². The minimum Gasteiger partial charge on any atom is -0.438 e. The smallest absolute Gasteiger partial charge is 0.436 e. The van der Waals surface area contributed by atoms with Crippen LogP contribution in [0, 0.1) is 24.0 Å². The maximum absolute atomic E-state index is 13.9. The lowest BCUT2D eigenvalue weighted by Crippen LogP contribution is -2.13. The van der Waals surface area contributed by atoms with Gasteiger partial charge in [-0.1, -0.05) is 5.92 Å². The number of hydrogen-bond donors (Lipinski definition) is 1. The van der Waals surface area contributed by atoms with Gasteiger partial charge in [0.2, 0.25) is 11.8 Å². The molecule has 1 aromatic carbocycles. The van der Waals surface area contributed by atoms with Gasteiger partial charge in [-0.05, 0) is 30.3 Å². The number of primary amides is 1. The highest BCUT2D eigenvalue weighted by atomic mass is 19.4. The number of halogens is 5. The van der Waals surface area contributed by atoms with Crippen molar-refractivity contribution in [1.29, 1.82) is 0 Å². The number of nitrogens with zero attached hydrogens (tertiary/aromatic N) is 1. The molecule has 0 aliphatic rings. The Kier molecular flexibility index (Phi) is 5.26. The van der Waals surface area contributed by atoms with E-state index in [1.807, 2.05) is 5.92 Å². The lowest BCUT2D eigenvalue weighted by atomic mass is 10.1. The molecule has 1 amide bonds. The quantitative estimate of drug-likeness (QED) is 0.509. The predicted molar refractivity (Wildman–Crippen MR) is 81.7 cm³/mol. The molecule has 0 saturated carbocycles. The third kappa shape index (κ3) is 4.36. The average Bonchev–Trinajstić information content (AvgIpc) is 2.54. The standard InChI is InChI=1S/C17H9F5N2O2/c1-2-9(7-14(23)25)12-8-13(19)15(17(20,21)22)24-16(12)26-11-5-3-10(18)4-6-11/h1,3-8H,(H2,23,25). The number of carbonyl (C=O) groups is 1. The van der Waals surface area contributed by atoms with Gasteiger partial charge < -0.3 is 10.5 Å². The zero-order chi connectivity index (χ0) is 19.5. The molecular formula is C17H9F5N2O2. The SMILES string of the molecule is C#CC(=CC(N)=O)c1cc(F)c(C(F)(F)F)nc1Oc1ccc(F)cc1. The molecule has 0 fully saturated rings. The second-order valence-electron chi connectivity index (χ2n) is 4.83. The maximum atomic E-state index is 13.9. The van der Waals surface area contributed by atoms with Crippen LogP contribution >= 0.6 is 0 Å². The van der Waals surface area contributed by atoms with Crippen LogP contribution in [-0.4, -0.2) is 10.9 Å². The highest BCUT2D eigenvalue weighted by molar-refractivity contribution is 5.98. The number of terminal acetylenes is 1. The number of nitrogens with two attached hydrogens (primary N) is 1. The molecule has 26 heavy (non-hydrogen) atoms. The molecule has 2 rings (SSSR count). The second kappa shape index (κ2) is 7.23. The molecular weight excluding hydrogens is 359 g/mol. The van der Waals surface area contributed by atoms with Gasteiger partial charge in [-0.25, -0.2) is 13.8 Å². The summed E-state index contributed by atoms with van der Waals surface area (Å²) in [6.07, 6.45) is 0.811. The molecule has 0 unspecified atom stereocenters. The Balaban J connectivity index is 2.66. The minimum absolute atomic E-state index is 0.0877. The summed E-state index contributed by atoms with van der Waals surface area (Å²) in [7, 11) is 0. The Hall–Kier alpha value is -3.41. The van der Waals surface area contributed by atoms with Crippen LogP contribution < -0.4 is 10.5 Å². The summed E-state index contributed by atoms with van der Waals surface area (Å²) in [6.45, 7) is 0. The van der Waals surface area contributed by atoms with Crippen molar-refractivity contribution in [1.82, 2.24) is 4.98 Å². The highest BCUT2D eigenvalue weighted by Gasteiger charge is 2.37. The third-order valence-corrected chi connectivity index (χ3v) is 2.97. The lowest BCUT2D eigenvalue weighted by molar-refractivity contribution is -0.143. The summed E-state index contributed by atoms with van der Waals surface area (Å²) in [5, 5.41) is 0. The van der Waals surface area contributed by atoms with E-state index in [4.69, 9.17) is 16.9 Å². The minimum atomic E-state index is -5.10. The molecule has 0 spiro atoms. The van der Waals surface area contributed by atoms with Crippen molar-refractivity contribution < 1.29 is 31.5 Å². The van der Waals surface area contributed by atoms with E-state index in [1.165, 1.54) is 0 Å². The summed E-state index contributed by atoms with van der Waals surface area (Å²) >= 11 is 0. The van der Waals surface area contributed by atoms with E-state index in [0.717, 1.165) is 24.3 Å². The number of pyridine rings is 1. The van der Waals surface area contributed by atoms with Crippen LogP contribution in [0.15, 0.2) is 36.4 Å². The van der Waals surface area contributed by atoms with Gasteiger partial charge in [0.15, 0.2) is 11.5 Å². The maximum Gasteiger partial charge on any atom is 0.436 e. The Labute approximate surface area is 144 Å². The molecule has 9 heteroatoms. The number of rotatable bonds is 4.